The molecule has 0 aromatic heterocycles. The molecule has 1 fully saturated rings. The molecule has 1 aromatic rings. The van der Waals surface area contributed by atoms with Crippen LogP contribution in [-0.2, 0) is 16.4 Å². The molecule has 2 rings (SSSR count). The molecule has 18 heavy (non-hydrogen) atoms. The lowest BCUT2D eigenvalue weighted by molar-refractivity contribution is -0.137. The third kappa shape index (κ3) is 2.28. The highest BCUT2D eigenvalue weighted by molar-refractivity contribution is 5.82. The molecule has 1 nitrogen and oxygen atoms in total. The van der Waals surface area contributed by atoms with Gasteiger partial charge >= 0.3 is 6.18 Å². The fraction of sp³-hybridized carbons (Fsp3) is 0.500. The molecular formula is C14H15F3O. The first kappa shape index (κ1) is 13.1. The molecular weight excluding hydrogens is 241 g/mol. The van der Waals surface area contributed by atoms with Crippen LogP contribution >= 0.6 is 0 Å². The molecule has 0 unspecified atom stereocenters. The van der Waals surface area contributed by atoms with Crippen LogP contribution in [0.1, 0.15) is 43.7 Å². The molecule has 98 valence electrons. The summed E-state index contributed by atoms with van der Waals surface area (Å²) in [5, 5.41) is 0. The summed E-state index contributed by atoms with van der Waals surface area (Å²) in [6, 6.07) is 5.25. The minimum absolute atomic E-state index is 0.205. The number of hydrogen-bond acceptors (Lipinski definition) is 1. The van der Waals surface area contributed by atoms with E-state index in [0.717, 1.165) is 30.5 Å². The largest absolute Gasteiger partial charge is 0.416 e. The van der Waals surface area contributed by atoms with E-state index in [9.17, 15) is 18.0 Å². The predicted octanol–water partition coefficient (Wildman–Crippen LogP) is 4.11. The van der Waals surface area contributed by atoms with Crippen LogP contribution in [0.3, 0.4) is 0 Å². The second kappa shape index (κ2) is 4.41. The number of rotatable bonds is 2. The van der Waals surface area contributed by atoms with E-state index in [1.807, 2.05) is 6.92 Å². The molecule has 1 atom stereocenters. The topological polar surface area (TPSA) is 17.1 Å². The van der Waals surface area contributed by atoms with Gasteiger partial charge in [0.25, 0.3) is 0 Å². The third-order valence-corrected chi connectivity index (χ3v) is 3.92. The lowest BCUT2D eigenvalue weighted by atomic mass is 9.76. The van der Waals surface area contributed by atoms with Gasteiger partial charge in [0.15, 0.2) is 0 Å². The van der Waals surface area contributed by atoms with Crippen molar-refractivity contribution >= 4 is 5.78 Å². The Morgan fingerprint density at radius 2 is 1.83 bits per heavy atom. The van der Waals surface area contributed by atoms with Gasteiger partial charge in [-0.1, -0.05) is 19.1 Å². The molecule has 1 saturated carbocycles. The minimum atomic E-state index is -4.30. The van der Waals surface area contributed by atoms with Crippen LogP contribution in [0.15, 0.2) is 24.3 Å². The fourth-order valence-corrected chi connectivity index (χ4v) is 2.70. The number of Topliss-reactive ketones (excluding diaryl/α,β-unsaturated/α-hetero) is 1. The number of ketones is 1. The number of halogens is 3. The highest BCUT2D eigenvalue weighted by atomic mass is 19.4. The predicted molar refractivity (Wildman–Crippen MR) is 62.3 cm³/mol. The number of alkyl halides is 3. The van der Waals surface area contributed by atoms with E-state index in [2.05, 4.69) is 0 Å². The van der Waals surface area contributed by atoms with Gasteiger partial charge in [0.1, 0.15) is 5.78 Å². The summed E-state index contributed by atoms with van der Waals surface area (Å²) in [7, 11) is 0. The highest BCUT2D eigenvalue weighted by Gasteiger charge is 2.39. The Hall–Kier alpha value is -1.32. The lowest BCUT2D eigenvalue weighted by Crippen LogP contribution is -2.21. The van der Waals surface area contributed by atoms with Crippen LogP contribution in [0.25, 0.3) is 0 Å². The van der Waals surface area contributed by atoms with Gasteiger partial charge in [0.2, 0.25) is 0 Å². The molecule has 1 aromatic carbocycles. The van der Waals surface area contributed by atoms with Crippen molar-refractivity contribution in [3.05, 3.63) is 35.4 Å². The summed E-state index contributed by atoms with van der Waals surface area (Å²) >= 11 is 0. The van der Waals surface area contributed by atoms with E-state index in [1.54, 1.807) is 0 Å². The van der Waals surface area contributed by atoms with Crippen molar-refractivity contribution in [2.75, 3.05) is 0 Å². The van der Waals surface area contributed by atoms with Crippen LogP contribution in [0.5, 0.6) is 0 Å². The first-order chi connectivity index (χ1) is 8.37. The van der Waals surface area contributed by atoms with Crippen LogP contribution in [0.2, 0.25) is 0 Å². The molecule has 0 aliphatic heterocycles. The molecule has 0 radical (unpaired) electrons. The molecule has 1 aliphatic carbocycles. The SMILES string of the molecule is CC[C@@]1(c2ccc(C(F)(F)F)cc2)CCC(=O)C1. The van der Waals surface area contributed by atoms with Crippen molar-refractivity contribution in [2.24, 2.45) is 0 Å². The Morgan fingerprint density at radius 3 is 2.22 bits per heavy atom. The summed E-state index contributed by atoms with van der Waals surface area (Å²) in [6.07, 6.45) is -1.79. The molecule has 0 spiro atoms. The number of hydrogen-bond donors (Lipinski definition) is 0. The number of carbonyl (C=O) groups is 1. The number of benzene rings is 1. The number of carbonyl (C=O) groups excluding carboxylic acids is 1. The van der Waals surface area contributed by atoms with Gasteiger partial charge in [0, 0.05) is 18.3 Å². The second-order valence-electron chi connectivity index (χ2n) is 4.92. The molecule has 0 bridgehead atoms. The van der Waals surface area contributed by atoms with E-state index < -0.39 is 11.7 Å². The molecule has 0 heterocycles. The third-order valence-electron chi connectivity index (χ3n) is 3.92. The monoisotopic (exact) mass is 256 g/mol. The van der Waals surface area contributed by atoms with Gasteiger partial charge in [-0.15, -0.1) is 0 Å². The zero-order valence-corrected chi connectivity index (χ0v) is 10.2. The Balaban J connectivity index is 2.31. The maximum Gasteiger partial charge on any atom is 0.416 e. The average molecular weight is 256 g/mol. The van der Waals surface area contributed by atoms with Crippen molar-refractivity contribution in [3.63, 3.8) is 0 Å². The van der Waals surface area contributed by atoms with Crippen molar-refractivity contribution in [2.45, 2.75) is 44.2 Å². The summed E-state index contributed by atoms with van der Waals surface area (Å²) < 4.78 is 37.4. The van der Waals surface area contributed by atoms with Crippen LogP contribution in [0, 0.1) is 0 Å². The standard InChI is InChI=1S/C14H15F3O/c1-2-13(8-7-12(18)9-13)10-3-5-11(6-4-10)14(15,16)17/h3-6H,2,7-9H2,1H3/t13-/m1/s1. The maximum absolute atomic E-state index is 12.5. The maximum atomic E-state index is 12.5. The zero-order chi connectivity index (χ0) is 13.4. The molecule has 0 amide bonds. The first-order valence-electron chi connectivity index (χ1n) is 6.07. The first-order valence-corrected chi connectivity index (χ1v) is 6.07. The fourth-order valence-electron chi connectivity index (χ4n) is 2.70. The van der Waals surface area contributed by atoms with Gasteiger partial charge in [0.05, 0.1) is 5.56 Å². The van der Waals surface area contributed by atoms with Crippen molar-refractivity contribution < 1.29 is 18.0 Å². The van der Waals surface area contributed by atoms with Gasteiger partial charge in [-0.05, 0) is 30.5 Å². The molecule has 1 aliphatic rings. The van der Waals surface area contributed by atoms with Crippen LogP contribution < -0.4 is 0 Å². The molecule has 0 saturated heterocycles. The minimum Gasteiger partial charge on any atom is -0.300 e. The second-order valence-corrected chi connectivity index (χ2v) is 4.92. The average Bonchev–Trinajstić information content (AvgIpc) is 2.71. The van der Waals surface area contributed by atoms with Gasteiger partial charge < -0.3 is 0 Å². The van der Waals surface area contributed by atoms with E-state index in [0.29, 0.717) is 12.8 Å². The highest BCUT2D eigenvalue weighted by Crippen LogP contribution is 2.42. The van der Waals surface area contributed by atoms with E-state index in [4.69, 9.17) is 0 Å². The van der Waals surface area contributed by atoms with Gasteiger partial charge in [-0.2, -0.15) is 13.2 Å². The Kier molecular flexibility index (Phi) is 3.21. The van der Waals surface area contributed by atoms with Gasteiger partial charge in [-0.3, -0.25) is 4.79 Å². The summed E-state index contributed by atoms with van der Waals surface area (Å²) in [6.45, 7) is 1.98. The Bertz CT molecular complexity index is 447. The van der Waals surface area contributed by atoms with Crippen molar-refractivity contribution in [3.8, 4) is 0 Å². The van der Waals surface area contributed by atoms with E-state index >= 15 is 0 Å². The van der Waals surface area contributed by atoms with Crippen molar-refractivity contribution in [1.82, 2.24) is 0 Å². The zero-order valence-electron chi connectivity index (χ0n) is 10.2. The molecule has 4 heteroatoms. The Morgan fingerprint density at radius 1 is 1.22 bits per heavy atom. The molecule has 0 N–H and O–H groups in total. The Labute approximate surface area is 104 Å². The summed E-state index contributed by atoms with van der Waals surface area (Å²) in [5.74, 6) is 0.205. The summed E-state index contributed by atoms with van der Waals surface area (Å²) in [4.78, 5) is 11.4. The van der Waals surface area contributed by atoms with Crippen molar-refractivity contribution in [1.29, 1.82) is 0 Å². The van der Waals surface area contributed by atoms with Crippen LogP contribution in [-0.4, -0.2) is 5.78 Å². The van der Waals surface area contributed by atoms with Crippen LogP contribution in [0.4, 0.5) is 13.2 Å². The van der Waals surface area contributed by atoms with E-state index in [1.165, 1.54) is 12.1 Å². The smallest absolute Gasteiger partial charge is 0.300 e. The lowest BCUT2D eigenvalue weighted by Gasteiger charge is -2.27. The summed E-state index contributed by atoms with van der Waals surface area (Å²) in [5.41, 5.74) is -0.0352. The normalized spacial score (nSPS) is 24.6. The quantitative estimate of drug-likeness (QED) is 0.778. The van der Waals surface area contributed by atoms with Gasteiger partial charge in [-0.25, -0.2) is 0 Å². The van der Waals surface area contributed by atoms with E-state index in [-0.39, 0.29) is 11.2 Å².